The van der Waals surface area contributed by atoms with Crippen molar-refractivity contribution in [1.82, 2.24) is 9.13 Å². The van der Waals surface area contributed by atoms with Gasteiger partial charge in [-0.3, -0.25) is 0 Å². The zero-order valence-corrected chi connectivity index (χ0v) is 18.5. The lowest BCUT2D eigenvalue weighted by Gasteiger charge is -2.07. The molecule has 0 aliphatic carbocycles. The molecule has 0 radical (unpaired) electrons. The van der Waals surface area contributed by atoms with E-state index < -0.39 is 0 Å². The molecule has 0 fully saturated rings. The lowest BCUT2D eigenvalue weighted by molar-refractivity contribution is -0.510. The van der Waals surface area contributed by atoms with Crippen molar-refractivity contribution >= 4 is 27.3 Å². The summed E-state index contributed by atoms with van der Waals surface area (Å²) in [5.41, 5.74) is 6.43. The third-order valence-corrected chi connectivity index (χ3v) is 6.19. The molecule has 158 valence electrons. The zero-order valence-electron chi connectivity index (χ0n) is 17.7. The maximum atomic E-state index is 2.51. The summed E-state index contributed by atoms with van der Waals surface area (Å²) in [7, 11) is 0. The average Bonchev–Trinajstić information content (AvgIpc) is 3.40. The number of benzene rings is 3. The standard InChI is InChI=1S/C28H24N3.ClH/c1-3-10-22(11-4-1)12-9-18-31-26-16-8-7-15-24(26)25-17-19-29-21-30(20-27(29)28(25)31)23-13-5-2-6-14-23;/h1-8,10-11,13-17,19-21H,9,12,18H2;1H/q+1;/p-1. The van der Waals surface area contributed by atoms with Gasteiger partial charge in [0.15, 0.2) is 5.52 Å². The molecule has 3 heterocycles. The highest BCUT2D eigenvalue weighted by Crippen LogP contribution is 2.31. The number of fused-ring (bicyclic) bond motifs is 5. The summed E-state index contributed by atoms with van der Waals surface area (Å²) in [6.45, 7) is 0.995. The first-order chi connectivity index (χ1) is 15.4. The van der Waals surface area contributed by atoms with Gasteiger partial charge in [0, 0.05) is 22.8 Å². The van der Waals surface area contributed by atoms with E-state index in [9.17, 15) is 0 Å². The second-order valence-electron chi connectivity index (χ2n) is 8.12. The molecule has 32 heavy (non-hydrogen) atoms. The molecule has 0 aliphatic heterocycles. The molecule has 4 heteroatoms. The first-order valence-electron chi connectivity index (χ1n) is 10.9. The summed E-state index contributed by atoms with van der Waals surface area (Å²) in [6.07, 6.45) is 8.79. The van der Waals surface area contributed by atoms with Crippen LogP contribution in [0, 0.1) is 0 Å². The highest BCUT2D eigenvalue weighted by molar-refractivity contribution is 6.11. The Hall–Kier alpha value is -3.56. The Morgan fingerprint density at radius 1 is 0.719 bits per heavy atom. The Balaban J connectivity index is 0.00000216. The van der Waals surface area contributed by atoms with Gasteiger partial charge in [-0.2, -0.15) is 0 Å². The monoisotopic (exact) mass is 437 g/mol. The van der Waals surface area contributed by atoms with E-state index in [4.69, 9.17) is 0 Å². The maximum Gasteiger partial charge on any atom is 0.254 e. The van der Waals surface area contributed by atoms with Gasteiger partial charge in [0.05, 0.1) is 6.20 Å². The van der Waals surface area contributed by atoms with E-state index >= 15 is 0 Å². The molecule has 3 aromatic heterocycles. The lowest BCUT2D eigenvalue weighted by atomic mass is 10.1. The molecular weight excluding hydrogens is 414 g/mol. The fourth-order valence-corrected chi connectivity index (χ4v) is 4.72. The van der Waals surface area contributed by atoms with Crippen molar-refractivity contribution in [2.24, 2.45) is 0 Å². The largest absolute Gasteiger partial charge is 1.00 e. The van der Waals surface area contributed by atoms with Gasteiger partial charge in [0.25, 0.3) is 6.33 Å². The van der Waals surface area contributed by atoms with Crippen LogP contribution < -0.4 is 16.8 Å². The van der Waals surface area contributed by atoms with Crippen molar-refractivity contribution < 1.29 is 16.8 Å². The topological polar surface area (TPSA) is 14.0 Å². The highest BCUT2D eigenvalue weighted by Gasteiger charge is 2.18. The van der Waals surface area contributed by atoms with Crippen molar-refractivity contribution in [1.29, 1.82) is 0 Å². The van der Waals surface area contributed by atoms with Crippen LogP contribution in [0.25, 0.3) is 33.0 Å². The van der Waals surface area contributed by atoms with Gasteiger partial charge in [-0.25, -0.2) is 8.97 Å². The number of hydrogen-bond acceptors (Lipinski definition) is 0. The SMILES string of the molecule is [Cl-].c1ccc(CCCn2c3ccccc3c3cc[n+]4cn(-c5ccccc5)cc4c32)cc1. The van der Waals surface area contributed by atoms with Crippen molar-refractivity contribution in [3.05, 3.63) is 115 Å². The average molecular weight is 438 g/mol. The second-order valence-corrected chi connectivity index (χ2v) is 8.12. The molecular formula is C28H24ClN3. The van der Waals surface area contributed by atoms with E-state index in [0.717, 1.165) is 19.4 Å². The van der Waals surface area contributed by atoms with Gasteiger partial charge in [-0.1, -0.05) is 66.7 Å². The number of aryl methyl sites for hydroxylation is 2. The fourth-order valence-electron chi connectivity index (χ4n) is 4.72. The molecule has 6 aromatic rings. The summed E-state index contributed by atoms with van der Waals surface area (Å²) in [5, 5.41) is 2.65. The van der Waals surface area contributed by atoms with Gasteiger partial charge in [0.1, 0.15) is 17.4 Å². The van der Waals surface area contributed by atoms with Crippen LogP contribution >= 0.6 is 0 Å². The van der Waals surface area contributed by atoms with E-state index in [2.05, 4.69) is 123 Å². The van der Waals surface area contributed by atoms with Crippen LogP contribution in [0.3, 0.4) is 0 Å². The predicted octanol–water partition coefficient (Wildman–Crippen LogP) is 2.96. The molecule has 0 spiro atoms. The lowest BCUT2D eigenvalue weighted by Crippen LogP contribution is -3.00. The number of halogens is 1. The smallest absolute Gasteiger partial charge is 0.254 e. The van der Waals surface area contributed by atoms with Crippen LogP contribution in [0.5, 0.6) is 0 Å². The molecule has 3 aromatic carbocycles. The Kier molecular flexibility index (Phi) is 5.42. The second kappa shape index (κ2) is 8.52. The summed E-state index contributed by atoms with van der Waals surface area (Å²) >= 11 is 0. The molecule has 3 nitrogen and oxygen atoms in total. The number of nitrogens with zero attached hydrogens (tertiary/aromatic N) is 3. The van der Waals surface area contributed by atoms with Gasteiger partial charge in [0.2, 0.25) is 0 Å². The number of para-hydroxylation sites is 2. The number of aromatic nitrogens is 3. The normalized spacial score (nSPS) is 11.2. The Bertz CT molecular complexity index is 1500. The molecule has 0 saturated carbocycles. The van der Waals surface area contributed by atoms with Crippen LogP contribution in [-0.2, 0) is 13.0 Å². The van der Waals surface area contributed by atoms with Crippen molar-refractivity contribution in [3.63, 3.8) is 0 Å². The Morgan fingerprint density at radius 3 is 2.25 bits per heavy atom. The first-order valence-corrected chi connectivity index (χ1v) is 10.9. The van der Waals surface area contributed by atoms with Crippen LogP contribution in [0.1, 0.15) is 12.0 Å². The molecule has 0 unspecified atom stereocenters. The number of hydrogen-bond donors (Lipinski definition) is 0. The summed E-state index contributed by atoms with van der Waals surface area (Å²) in [5.74, 6) is 0. The van der Waals surface area contributed by atoms with Crippen molar-refractivity contribution in [3.8, 4) is 5.69 Å². The molecule has 0 bridgehead atoms. The Morgan fingerprint density at radius 2 is 1.44 bits per heavy atom. The van der Waals surface area contributed by atoms with Crippen LogP contribution in [0.15, 0.2) is 110 Å². The van der Waals surface area contributed by atoms with Crippen molar-refractivity contribution in [2.45, 2.75) is 19.4 Å². The summed E-state index contributed by atoms with van der Waals surface area (Å²) in [4.78, 5) is 0. The molecule has 0 aliphatic rings. The van der Waals surface area contributed by atoms with E-state index in [-0.39, 0.29) is 12.4 Å². The Labute approximate surface area is 193 Å². The maximum absolute atomic E-state index is 2.51. The molecule has 0 saturated heterocycles. The fraction of sp³-hybridized carbons (Fsp3) is 0.107. The predicted molar refractivity (Wildman–Crippen MR) is 127 cm³/mol. The first kappa shape index (κ1) is 20.3. The minimum atomic E-state index is 0. The molecule has 6 rings (SSSR count). The highest BCUT2D eigenvalue weighted by atomic mass is 35.5. The number of rotatable bonds is 5. The molecule has 0 amide bonds. The van der Waals surface area contributed by atoms with E-state index in [0.29, 0.717) is 0 Å². The zero-order chi connectivity index (χ0) is 20.6. The summed E-state index contributed by atoms with van der Waals surface area (Å²) < 4.78 is 6.96. The quantitative estimate of drug-likeness (QED) is 0.368. The van der Waals surface area contributed by atoms with Crippen LogP contribution in [0.4, 0.5) is 0 Å². The van der Waals surface area contributed by atoms with Crippen molar-refractivity contribution in [2.75, 3.05) is 0 Å². The number of pyridine rings is 1. The third-order valence-electron chi connectivity index (χ3n) is 6.19. The van der Waals surface area contributed by atoms with Gasteiger partial charge < -0.3 is 17.0 Å². The van der Waals surface area contributed by atoms with Gasteiger partial charge >= 0.3 is 0 Å². The third kappa shape index (κ3) is 3.45. The van der Waals surface area contributed by atoms with Gasteiger partial charge in [-0.15, -0.1) is 0 Å². The van der Waals surface area contributed by atoms with E-state index in [1.807, 2.05) is 0 Å². The summed E-state index contributed by atoms with van der Waals surface area (Å²) in [6, 6.07) is 32.3. The number of imidazole rings is 1. The molecule has 0 atom stereocenters. The molecule has 0 N–H and O–H groups in total. The van der Waals surface area contributed by atoms with Crippen LogP contribution in [0.2, 0.25) is 0 Å². The minimum absolute atomic E-state index is 0. The minimum Gasteiger partial charge on any atom is -1.00 e. The van der Waals surface area contributed by atoms with E-state index in [1.54, 1.807) is 0 Å². The van der Waals surface area contributed by atoms with E-state index in [1.165, 1.54) is 38.6 Å². The van der Waals surface area contributed by atoms with Gasteiger partial charge in [-0.05, 0) is 42.7 Å². The van der Waals surface area contributed by atoms with Crippen LogP contribution in [-0.4, -0.2) is 9.13 Å².